The van der Waals surface area contributed by atoms with Crippen molar-refractivity contribution < 1.29 is 4.39 Å². The van der Waals surface area contributed by atoms with Crippen molar-refractivity contribution >= 4 is 11.6 Å². The lowest BCUT2D eigenvalue weighted by Crippen LogP contribution is -2.41. The first-order valence-electron chi connectivity index (χ1n) is 7.96. The molecule has 0 heterocycles. The summed E-state index contributed by atoms with van der Waals surface area (Å²) < 4.78 is 14.3. The molecule has 3 heteroatoms. The highest BCUT2D eigenvalue weighted by Crippen LogP contribution is 2.41. The van der Waals surface area contributed by atoms with Gasteiger partial charge in [-0.15, -0.1) is 0 Å². The van der Waals surface area contributed by atoms with Crippen molar-refractivity contribution in [3.8, 4) is 0 Å². The standard InChI is InChI=1S/C18H27ClFN/c1-12-5-6-13(11-21-18(2,3)4)16(9-12)15-8-7-14(19)10-17(15)20/h7-8,10,12-13,16,21H,5-6,9,11H2,1-4H3. The average Bonchev–Trinajstić information content (AvgIpc) is 2.36. The molecule has 1 aliphatic carbocycles. The van der Waals surface area contributed by atoms with Crippen molar-refractivity contribution in [2.75, 3.05) is 6.54 Å². The van der Waals surface area contributed by atoms with Gasteiger partial charge >= 0.3 is 0 Å². The van der Waals surface area contributed by atoms with Crippen LogP contribution in [0.2, 0.25) is 5.02 Å². The van der Waals surface area contributed by atoms with Crippen LogP contribution in [0.3, 0.4) is 0 Å². The molecule has 21 heavy (non-hydrogen) atoms. The van der Waals surface area contributed by atoms with Gasteiger partial charge in [0.15, 0.2) is 0 Å². The number of rotatable bonds is 3. The molecule has 3 unspecified atom stereocenters. The van der Waals surface area contributed by atoms with Crippen LogP contribution < -0.4 is 5.32 Å². The highest BCUT2D eigenvalue weighted by atomic mass is 35.5. The minimum atomic E-state index is -0.151. The Hall–Kier alpha value is -0.600. The Bertz CT molecular complexity index is 481. The van der Waals surface area contributed by atoms with E-state index in [9.17, 15) is 4.39 Å². The lowest BCUT2D eigenvalue weighted by atomic mass is 9.71. The first kappa shape index (κ1) is 16.8. The van der Waals surface area contributed by atoms with Crippen LogP contribution in [-0.4, -0.2) is 12.1 Å². The maximum atomic E-state index is 14.3. The fourth-order valence-corrected chi connectivity index (χ4v) is 3.47. The second kappa shape index (κ2) is 6.66. The van der Waals surface area contributed by atoms with E-state index in [1.165, 1.54) is 12.5 Å². The molecule has 0 amide bonds. The van der Waals surface area contributed by atoms with Crippen molar-refractivity contribution in [3.05, 3.63) is 34.6 Å². The van der Waals surface area contributed by atoms with Gasteiger partial charge in [0.05, 0.1) is 0 Å². The van der Waals surface area contributed by atoms with Gasteiger partial charge < -0.3 is 5.32 Å². The summed E-state index contributed by atoms with van der Waals surface area (Å²) in [7, 11) is 0. The topological polar surface area (TPSA) is 12.0 Å². The molecular formula is C18H27ClFN. The van der Waals surface area contributed by atoms with E-state index in [1.807, 2.05) is 12.1 Å². The normalized spacial score (nSPS) is 26.9. The van der Waals surface area contributed by atoms with Gasteiger partial charge in [0.1, 0.15) is 5.82 Å². The minimum absolute atomic E-state index is 0.103. The highest BCUT2D eigenvalue weighted by Gasteiger charge is 2.32. The molecule has 1 aromatic carbocycles. The molecule has 1 nitrogen and oxygen atoms in total. The van der Waals surface area contributed by atoms with Crippen molar-refractivity contribution in [2.45, 2.75) is 58.4 Å². The SMILES string of the molecule is CC1CCC(CNC(C)(C)C)C(c2ccc(Cl)cc2F)C1. The first-order valence-corrected chi connectivity index (χ1v) is 8.34. The van der Waals surface area contributed by atoms with E-state index in [4.69, 9.17) is 11.6 Å². The minimum Gasteiger partial charge on any atom is -0.312 e. The summed E-state index contributed by atoms with van der Waals surface area (Å²) in [5.74, 6) is 1.30. The van der Waals surface area contributed by atoms with Gasteiger partial charge in [-0.05, 0) is 75.6 Å². The van der Waals surface area contributed by atoms with Crippen LogP contribution >= 0.6 is 11.6 Å². The van der Waals surface area contributed by atoms with Crippen LogP contribution in [0.1, 0.15) is 58.4 Å². The van der Waals surface area contributed by atoms with Crippen LogP contribution in [0.4, 0.5) is 4.39 Å². The first-order chi connectivity index (χ1) is 9.76. The molecule has 1 saturated carbocycles. The molecule has 0 aromatic heterocycles. The predicted octanol–water partition coefficient (Wildman–Crippen LogP) is 5.39. The van der Waals surface area contributed by atoms with Crippen LogP contribution in [0.15, 0.2) is 18.2 Å². The molecule has 1 aliphatic rings. The fraction of sp³-hybridized carbons (Fsp3) is 0.667. The van der Waals surface area contributed by atoms with Gasteiger partial charge in [-0.2, -0.15) is 0 Å². The lowest BCUT2D eigenvalue weighted by molar-refractivity contribution is 0.224. The maximum absolute atomic E-state index is 14.3. The van der Waals surface area contributed by atoms with E-state index < -0.39 is 0 Å². The Morgan fingerprint density at radius 3 is 2.62 bits per heavy atom. The number of benzene rings is 1. The third kappa shape index (κ3) is 4.69. The average molecular weight is 312 g/mol. The van der Waals surface area contributed by atoms with E-state index in [0.29, 0.717) is 22.8 Å². The molecule has 0 spiro atoms. The van der Waals surface area contributed by atoms with Gasteiger partial charge in [-0.3, -0.25) is 0 Å². The Balaban J connectivity index is 2.18. The van der Waals surface area contributed by atoms with Gasteiger partial charge in [-0.1, -0.05) is 31.0 Å². The van der Waals surface area contributed by atoms with Crippen molar-refractivity contribution in [2.24, 2.45) is 11.8 Å². The number of hydrogen-bond donors (Lipinski definition) is 1. The van der Waals surface area contributed by atoms with Gasteiger partial charge in [-0.25, -0.2) is 4.39 Å². The number of hydrogen-bond acceptors (Lipinski definition) is 1. The third-order valence-corrected chi connectivity index (χ3v) is 4.75. The van der Waals surface area contributed by atoms with Crippen LogP contribution in [0.25, 0.3) is 0 Å². The molecule has 0 saturated heterocycles. The molecule has 118 valence electrons. The summed E-state index contributed by atoms with van der Waals surface area (Å²) in [6.07, 6.45) is 3.47. The van der Waals surface area contributed by atoms with E-state index in [2.05, 4.69) is 33.0 Å². The van der Waals surface area contributed by atoms with Crippen LogP contribution in [0.5, 0.6) is 0 Å². The van der Waals surface area contributed by atoms with Crippen molar-refractivity contribution in [1.29, 1.82) is 0 Å². The summed E-state index contributed by atoms with van der Waals surface area (Å²) in [6, 6.07) is 5.14. The zero-order chi connectivity index (χ0) is 15.6. The summed E-state index contributed by atoms with van der Waals surface area (Å²) in [5.41, 5.74) is 0.943. The van der Waals surface area contributed by atoms with Crippen molar-refractivity contribution in [1.82, 2.24) is 5.32 Å². The molecule has 1 fully saturated rings. The van der Waals surface area contributed by atoms with Crippen LogP contribution in [0, 0.1) is 17.7 Å². The van der Waals surface area contributed by atoms with E-state index in [-0.39, 0.29) is 11.4 Å². The van der Waals surface area contributed by atoms with E-state index in [1.54, 1.807) is 0 Å². The quantitative estimate of drug-likeness (QED) is 0.789. The Labute approximate surface area is 133 Å². The second-order valence-corrected chi connectivity index (χ2v) is 8.02. The Morgan fingerprint density at radius 2 is 2.00 bits per heavy atom. The molecule has 2 rings (SSSR count). The third-order valence-electron chi connectivity index (χ3n) is 4.51. The molecule has 3 atom stereocenters. The van der Waals surface area contributed by atoms with Crippen molar-refractivity contribution in [3.63, 3.8) is 0 Å². The smallest absolute Gasteiger partial charge is 0.128 e. The molecule has 1 aromatic rings. The molecule has 0 bridgehead atoms. The summed E-state index contributed by atoms with van der Waals surface area (Å²) in [6.45, 7) is 9.75. The molecular weight excluding hydrogens is 285 g/mol. The molecule has 0 aliphatic heterocycles. The molecule has 0 radical (unpaired) electrons. The Morgan fingerprint density at radius 1 is 1.29 bits per heavy atom. The predicted molar refractivity (Wildman–Crippen MR) is 88.4 cm³/mol. The van der Waals surface area contributed by atoms with Crippen LogP contribution in [-0.2, 0) is 0 Å². The molecule has 1 N–H and O–H groups in total. The lowest BCUT2D eigenvalue weighted by Gasteiger charge is -2.37. The zero-order valence-corrected chi connectivity index (χ0v) is 14.3. The summed E-state index contributed by atoms with van der Waals surface area (Å²) in [4.78, 5) is 0. The van der Waals surface area contributed by atoms with Gasteiger partial charge in [0, 0.05) is 10.6 Å². The Kier molecular flexibility index (Phi) is 5.32. The fourth-order valence-electron chi connectivity index (χ4n) is 3.31. The van der Waals surface area contributed by atoms with Gasteiger partial charge in [0.2, 0.25) is 0 Å². The maximum Gasteiger partial charge on any atom is 0.128 e. The monoisotopic (exact) mass is 311 g/mol. The van der Waals surface area contributed by atoms with Gasteiger partial charge in [0.25, 0.3) is 0 Å². The summed E-state index contributed by atoms with van der Waals surface area (Å²) >= 11 is 5.89. The highest BCUT2D eigenvalue weighted by molar-refractivity contribution is 6.30. The second-order valence-electron chi connectivity index (χ2n) is 7.58. The number of nitrogens with one attached hydrogen (secondary N) is 1. The zero-order valence-electron chi connectivity index (χ0n) is 13.5. The number of halogens is 2. The largest absolute Gasteiger partial charge is 0.312 e. The van der Waals surface area contributed by atoms with E-state index in [0.717, 1.165) is 24.9 Å². The summed E-state index contributed by atoms with van der Waals surface area (Å²) in [5, 5.41) is 4.06. The van der Waals surface area contributed by atoms with E-state index >= 15 is 0 Å².